The van der Waals surface area contributed by atoms with Crippen LogP contribution in [0.1, 0.15) is 36.8 Å². The first kappa shape index (κ1) is 12.6. The Morgan fingerprint density at radius 2 is 1.95 bits per heavy atom. The third kappa shape index (κ3) is 2.04. The molecule has 0 aromatic heterocycles. The molecule has 2 atom stereocenters. The van der Waals surface area contributed by atoms with Gasteiger partial charge in [-0.3, -0.25) is 9.59 Å². The molecule has 0 saturated heterocycles. The van der Waals surface area contributed by atoms with Crippen LogP contribution in [0.2, 0.25) is 0 Å². The highest BCUT2D eigenvalue weighted by Crippen LogP contribution is 2.37. The molecule has 5 nitrogen and oxygen atoms in total. The van der Waals surface area contributed by atoms with E-state index in [0.717, 1.165) is 48.2 Å². The number of nitrogens with one attached hydrogen (secondary N) is 2. The number of nitrogens with zero attached hydrogens (tertiary/aromatic N) is 1. The second kappa shape index (κ2) is 4.69. The molecule has 108 valence electrons. The van der Waals surface area contributed by atoms with E-state index < -0.39 is 0 Å². The van der Waals surface area contributed by atoms with Gasteiger partial charge < -0.3 is 5.32 Å². The van der Waals surface area contributed by atoms with E-state index in [0.29, 0.717) is 6.42 Å². The van der Waals surface area contributed by atoms with Crippen LogP contribution in [-0.4, -0.2) is 17.5 Å². The number of hydrogen-bond acceptors (Lipinski definition) is 3. The molecule has 2 N–H and O–H groups in total. The standard InChI is InChI=1S/C16H17N3O2/c20-14-7-5-9-8-10(4-6-13(9)17-14)15-11-2-1-3-12(11)16(21)19-18-15/h4,6,8,11-12H,1-3,5,7H2,(H,17,20)(H,19,21). The minimum Gasteiger partial charge on any atom is -0.326 e. The van der Waals surface area contributed by atoms with Gasteiger partial charge in [0.05, 0.1) is 5.71 Å². The number of carbonyl (C=O) groups is 2. The topological polar surface area (TPSA) is 70.6 Å². The lowest BCUT2D eigenvalue weighted by atomic mass is 9.85. The van der Waals surface area contributed by atoms with E-state index in [9.17, 15) is 9.59 Å². The van der Waals surface area contributed by atoms with E-state index in [2.05, 4.69) is 21.9 Å². The second-order valence-corrected chi connectivity index (χ2v) is 6.04. The van der Waals surface area contributed by atoms with Gasteiger partial charge in [0.2, 0.25) is 11.8 Å². The molecule has 0 radical (unpaired) electrons. The quantitative estimate of drug-likeness (QED) is 0.825. The fourth-order valence-electron chi connectivity index (χ4n) is 3.70. The van der Waals surface area contributed by atoms with Crippen LogP contribution in [0.15, 0.2) is 23.3 Å². The van der Waals surface area contributed by atoms with Crippen molar-refractivity contribution in [3.05, 3.63) is 29.3 Å². The number of anilines is 1. The van der Waals surface area contributed by atoms with Crippen molar-refractivity contribution in [2.45, 2.75) is 32.1 Å². The average molecular weight is 283 g/mol. The minimum absolute atomic E-state index is 0.0615. The van der Waals surface area contributed by atoms with Gasteiger partial charge in [0.25, 0.3) is 0 Å². The first-order valence-corrected chi connectivity index (χ1v) is 7.53. The van der Waals surface area contributed by atoms with Crippen LogP contribution in [-0.2, 0) is 16.0 Å². The monoisotopic (exact) mass is 283 g/mol. The molecule has 2 unspecified atom stereocenters. The molecule has 1 aromatic rings. The van der Waals surface area contributed by atoms with E-state index in [4.69, 9.17) is 0 Å². The summed E-state index contributed by atoms with van der Waals surface area (Å²) in [5.74, 6) is 0.461. The van der Waals surface area contributed by atoms with Crippen LogP contribution < -0.4 is 10.7 Å². The van der Waals surface area contributed by atoms with Crippen LogP contribution in [0.5, 0.6) is 0 Å². The Labute approximate surface area is 122 Å². The fraction of sp³-hybridized carbons (Fsp3) is 0.438. The SMILES string of the molecule is O=C1CCc2cc(C3=NNC(=O)C4CCCC34)ccc2N1. The maximum absolute atomic E-state index is 11.9. The maximum atomic E-state index is 11.9. The van der Waals surface area contributed by atoms with Crippen LogP contribution in [0.25, 0.3) is 0 Å². The molecule has 2 amide bonds. The predicted octanol–water partition coefficient (Wildman–Crippen LogP) is 1.82. The van der Waals surface area contributed by atoms with Crippen molar-refractivity contribution in [3.8, 4) is 0 Å². The zero-order chi connectivity index (χ0) is 14.4. The number of aryl methyl sites for hydroxylation is 1. The summed E-state index contributed by atoms with van der Waals surface area (Å²) in [4.78, 5) is 23.3. The van der Waals surface area contributed by atoms with E-state index in [1.54, 1.807) is 0 Å². The maximum Gasteiger partial charge on any atom is 0.243 e. The molecule has 2 aliphatic heterocycles. The van der Waals surface area contributed by atoms with Gasteiger partial charge >= 0.3 is 0 Å². The lowest BCUT2D eigenvalue weighted by molar-refractivity contribution is -0.126. The lowest BCUT2D eigenvalue weighted by Crippen LogP contribution is -2.39. The average Bonchev–Trinajstić information content (AvgIpc) is 2.98. The number of fused-ring (bicyclic) bond motifs is 2. The first-order chi connectivity index (χ1) is 10.2. The molecule has 1 aromatic carbocycles. The number of amides is 2. The predicted molar refractivity (Wildman–Crippen MR) is 78.9 cm³/mol. The van der Waals surface area contributed by atoms with Crippen LogP contribution in [0.3, 0.4) is 0 Å². The van der Waals surface area contributed by atoms with Gasteiger partial charge in [-0.1, -0.05) is 12.5 Å². The van der Waals surface area contributed by atoms with E-state index in [-0.39, 0.29) is 23.7 Å². The Bertz CT molecular complexity index is 665. The van der Waals surface area contributed by atoms with Gasteiger partial charge in [-0.15, -0.1) is 0 Å². The first-order valence-electron chi connectivity index (χ1n) is 7.53. The van der Waals surface area contributed by atoms with Crippen LogP contribution >= 0.6 is 0 Å². The van der Waals surface area contributed by atoms with Crippen LogP contribution in [0.4, 0.5) is 5.69 Å². The third-order valence-electron chi connectivity index (χ3n) is 4.79. The molecule has 1 fully saturated rings. The second-order valence-electron chi connectivity index (χ2n) is 6.04. The number of hydrazone groups is 1. The van der Waals surface area contributed by atoms with Crippen molar-refractivity contribution in [1.29, 1.82) is 0 Å². The smallest absolute Gasteiger partial charge is 0.243 e. The highest BCUT2D eigenvalue weighted by atomic mass is 16.2. The Morgan fingerprint density at radius 1 is 1.10 bits per heavy atom. The Morgan fingerprint density at radius 3 is 2.86 bits per heavy atom. The summed E-state index contributed by atoms with van der Waals surface area (Å²) in [6, 6.07) is 6.06. The van der Waals surface area contributed by atoms with Gasteiger partial charge in [-0.2, -0.15) is 5.10 Å². The molecule has 0 spiro atoms. The van der Waals surface area contributed by atoms with Crippen LogP contribution in [0, 0.1) is 11.8 Å². The summed E-state index contributed by atoms with van der Waals surface area (Å²) in [7, 11) is 0. The Hall–Kier alpha value is -2.17. The largest absolute Gasteiger partial charge is 0.326 e. The lowest BCUT2D eigenvalue weighted by Gasteiger charge is -2.26. The Kier molecular flexibility index (Phi) is 2.80. The highest BCUT2D eigenvalue weighted by Gasteiger charge is 2.39. The Balaban J connectivity index is 1.70. The summed E-state index contributed by atoms with van der Waals surface area (Å²) < 4.78 is 0. The van der Waals surface area contributed by atoms with Crippen molar-refractivity contribution < 1.29 is 9.59 Å². The van der Waals surface area contributed by atoms with Crippen molar-refractivity contribution in [2.24, 2.45) is 16.9 Å². The molecule has 1 aliphatic carbocycles. The summed E-state index contributed by atoms with van der Waals surface area (Å²) in [6.07, 6.45) is 4.37. The molecular formula is C16H17N3O2. The third-order valence-corrected chi connectivity index (χ3v) is 4.79. The molecule has 2 heterocycles. The zero-order valence-corrected chi connectivity index (χ0v) is 11.7. The normalized spacial score (nSPS) is 27.3. The van der Waals surface area contributed by atoms with Crippen molar-refractivity contribution >= 4 is 23.2 Å². The number of benzene rings is 1. The zero-order valence-electron chi connectivity index (χ0n) is 11.7. The molecule has 0 bridgehead atoms. The van der Waals surface area contributed by atoms with Crippen molar-refractivity contribution in [2.75, 3.05) is 5.32 Å². The van der Waals surface area contributed by atoms with Gasteiger partial charge in [0.15, 0.2) is 0 Å². The molecule has 1 saturated carbocycles. The molecule has 4 rings (SSSR count). The van der Waals surface area contributed by atoms with Gasteiger partial charge in [-0.05, 0) is 42.5 Å². The highest BCUT2D eigenvalue weighted by molar-refractivity contribution is 6.07. The van der Waals surface area contributed by atoms with Gasteiger partial charge in [0.1, 0.15) is 0 Å². The summed E-state index contributed by atoms with van der Waals surface area (Å²) in [5.41, 5.74) is 6.79. The molecule has 5 heteroatoms. The summed E-state index contributed by atoms with van der Waals surface area (Å²) in [6.45, 7) is 0. The summed E-state index contributed by atoms with van der Waals surface area (Å²) in [5, 5.41) is 7.21. The van der Waals surface area contributed by atoms with Crippen molar-refractivity contribution in [1.82, 2.24) is 5.43 Å². The van der Waals surface area contributed by atoms with E-state index in [1.807, 2.05) is 12.1 Å². The molecule has 3 aliphatic rings. The van der Waals surface area contributed by atoms with Gasteiger partial charge in [0, 0.05) is 23.9 Å². The number of rotatable bonds is 1. The van der Waals surface area contributed by atoms with Gasteiger partial charge in [-0.25, -0.2) is 5.43 Å². The fourth-order valence-corrected chi connectivity index (χ4v) is 3.70. The van der Waals surface area contributed by atoms with E-state index >= 15 is 0 Å². The number of carbonyl (C=O) groups excluding carboxylic acids is 2. The molecule has 21 heavy (non-hydrogen) atoms. The summed E-state index contributed by atoms with van der Waals surface area (Å²) >= 11 is 0. The number of hydrogen-bond donors (Lipinski definition) is 2. The van der Waals surface area contributed by atoms with Crippen molar-refractivity contribution in [3.63, 3.8) is 0 Å². The minimum atomic E-state index is 0.0615. The van der Waals surface area contributed by atoms with E-state index in [1.165, 1.54) is 0 Å². The molecular weight excluding hydrogens is 266 g/mol.